The first-order valence-corrected chi connectivity index (χ1v) is 14.2. The van der Waals surface area contributed by atoms with E-state index in [2.05, 4.69) is 22.9 Å². The van der Waals surface area contributed by atoms with E-state index >= 15 is 4.39 Å². The van der Waals surface area contributed by atoms with Crippen molar-refractivity contribution < 1.29 is 23.8 Å². The molecule has 1 aromatic heterocycles. The van der Waals surface area contributed by atoms with Crippen LogP contribution in [-0.4, -0.2) is 38.4 Å². The Morgan fingerprint density at radius 3 is 2.49 bits per heavy atom. The van der Waals surface area contributed by atoms with Crippen molar-refractivity contribution in [1.29, 1.82) is 0 Å². The van der Waals surface area contributed by atoms with Gasteiger partial charge in [-0.3, -0.25) is 9.36 Å². The van der Waals surface area contributed by atoms with Crippen LogP contribution < -0.4 is 10.1 Å². The van der Waals surface area contributed by atoms with E-state index in [0.717, 1.165) is 23.4 Å². The number of imidazole rings is 1. The zero-order chi connectivity index (χ0) is 29.4. The summed E-state index contributed by atoms with van der Waals surface area (Å²) in [6.07, 6.45) is 1.93. The molecular weight excluding hydrogens is 541 g/mol. The lowest BCUT2D eigenvalue weighted by Gasteiger charge is -2.16. The predicted octanol–water partition coefficient (Wildman–Crippen LogP) is 5.94. The number of aryl methyl sites for hydroxylation is 2. The second-order valence-corrected chi connectivity index (χ2v) is 10.2. The molecule has 0 fully saturated rings. The number of amides is 1. The van der Waals surface area contributed by atoms with Gasteiger partial charge in [-0.05, 0) is 55.0 Å². The molecule has 0 aliphatic rings. The van der Waals surface area contributed by atoms with E-state index in [1.54, 1.807) is 34.9 Å². The molecule has 1 heterocycles. The molecule has 7 nitrogen and oxygen atoms in total. The van der Waals surface area contributed by atoms with E-state index in [4.69, 9.17) is 4.74 Å². The van der Waals surface area contributed by atoms with Crippen LogP contribution in [0.5, 0.6) is 6.01 Å². The molecule has 1 amide bonds. The highest BCUT2D eigenvalue weighted by Crippen LogP contribution is 2.28. The van der Waals surface area contributed by atoms with E-state index in [9.17, 15) is 14.7 Å². The number of carboxylic acid groups (broad SMARTS) is 1. The van der Waals surface area contributed by atoms with Crippen LogP contribution in [0, 0.1) is 5.82 Å². The SMILES string of the molecule is CCOc1nc(CC)c(CNC(=O)C(S)CCc2ccccc2)n1Cc1ccc(-c2ccccc2C(=O)O)cc1F. The number of carbonyl (C=O) groups excluding carboxylic acids is 1. The number of hydrogen-bond acceptors (Lipinski definition) is 5. The van der Waals surface area contributed by atoms with Gasteiger partial charge in [-0.1, -0.05) is 67.6 Å². The molecule has 1 unspecified atom stereocenters. The van der Waals surface area contributed by atoms with Gasteiger partial charge in [0.25, 0.3) is 6.01 Å². The Labute approximate surface area is 244 Å². The first kappa shape index (κ1) is 29.9. The fourth-order valence-electron chi connectivity index (χ4n) is 4.70. The fourth-order valence-corrected chi connectivity index (χ4v) is 4.92. The quantitative estimate of drug-likeness (QED) is 0.172. The number of aromatic nitrogens is 2. The van der Waals surface area contributed by atoms with E-state index < -0.39 is 17.0 Å². The summed E-state index contributed by atoms with van der Waals surface area (Å²) in [5.74, 6) is -1.75. The summed E-state index contributed by atoms with van der Waals surface area (Å²) in [5.41, 5.74) is 4.01. The summed E-state index contributed by atoms with van der Waals surface area (Å²) >= 11 is 4.52. The van der Waals surface area contributed by atoms with Crippen LogP contribution in [-0.2, 0) is 30.7 Å². The normalized spacial score (nSPS) is 11.7. The Balaban J connectivity index is 1.54. The molecule has 4 aromatic rings. The van der Waals surface area contributed by atoms with Gasteiger partial charge in [0.2, 0.25) is 5.91 Å². The topological polar surface area (TPSA) is 93.5 Å². The van der Waals surface area contributed by atoms with Gasteiger partial charge in [0.15, 0.2) is 0 Å². The van der Waals surface area contributed by atoms with Gasteiger partial charge in [0.1, 0.15) is 5.82 Å². The zero-order valence-electron chi connectivity index (χ0n) is 23.1. The molecule has 0 radical (unpaired) electrons. The summed E-state index contributed by atoms with van der Waals surface area (Å²) in [5, 5.41) is 12.0. The fraction of sp³-hybridized carbons (Fsp3) is 0.281. The van der Waals surface area contributed by atoms with Gasteiger partial charge in [-0.15, -0.1) is 0 Å². The molecule has 9 heteroatoms. The average molecular weight is 576 g/mol. The summed E-state index contributed by atoms with van der Waals surface area (Å²) in [7, 11) is 0. The molecule has 4 rings (SSSR count). The van der Waals surface area contributed by atoms with Crippen LogP contribution in [0.15, 0.2) is 72.8 Å². The number of nitrogens with one attached hydrogen (secondary N) is 1. The van der Waals surface area contributed by atoms with Crippen LogP contribution in [0.4, 0.5) is 4.39 Å². The van der Waals surface area contributed by atoms with E-state index in [0.29, 0.717) is 42.1 Å². The van der Waals surface area contributed by atoms with Gasteiger partial charge in [0, 0.05) is 5.56 Å². The first-order chi connectivity index (χ1) is 19.8. The van der Waals surface area contributed by atoms with E-state index in [-0.39, 0.29) is 24.6 Å². The maximum atomic E-state index is 15.4. The highest BCUT2D eigenvalue weighted by Gasteiger charge is 2.21. The minimum atomic E-state index is -1.08. The molecule has 0 spiro atoms. The number of carboxylic acids is 1. The van der Waals surface area contributed by atoms with Crippen molar-refractivity contribution in [3.8, 4) is 17.1 Å². The third-order valence-corrected chi connectivity index (χ3v) is 7.35. The Morgan fingerprint density at radius 2 is 1.80 bits per heavy atom. The molecule has 0 aliphatic carbocycles. The highest BCUT2D eigenvalue weighted by molar-refractivity contribution is 7.81. The number of aromatic carboxylic acids is 1. The van der Waals surface area contributed by atoms with Crippen molar-refractivity contribution in [1.82, 2.24) is 14.9 Å². The third kappa shape index (κ3) is 7.35. The number of ether oxygens (including phenoxy) is 1. The lowest BCUT2D eigenvalue weighted by Crippen LogP contribution is -2.32. The summed E-state index contributed by atoms with van der Waals surface area (Å²) in [6.45, 7) is 4.50. The van der Waals surface area contributed by atoms with Gasteiger partial charge in [-0.25, -0.2) is 9.18 Å². The van der Waals surface area contributed by atoms with Crippen molar-refractivity contribution in [3.63, 3.8) is 0 Å². The number of hydrogen-bond donors (Lipinski definition) is 3. The molecule has 1 atom stereocenters. The number of thiol groups is 1. The maximum Gasteiger partial charge on any atom is 0.336 e. The van der Waals surface area contributed by atoms with Gasteiger partial charge in [0.05, 0.1) is 41.9 Å². The molecule has 0 saturated carbocycles. The smallest absolute Gasteiger partial charge is 0.336 e. The molecule has 2 N–H and O–H groups in total. The molecule has 0 bridgehead atoms. The Morgan fingerprint density at radius 1 is 1.07 bits per heavy atom. The molecule has 41 heavy (non-hydrogen) atoms. The lowest BCUT2D eigenvalue weighted by molar-refractivity contribution is -0.120. The van der Waals surface area contributed by atoms with Crippen molar-refractivity contribution in [2.24, 2.45) is 0 Å². The van der Waals surface area contributed by atoms with Gasteiger partial charge in [-0.2, -0.15) is 17.6 Å². The summed E-state index contributed by atoms with van der Waals surface area (Å²) in [6, 6.07) is 21.5. The van der Waals surface area contributed by atoms with Crippen LogP contribution in [0.3, 0.4) is 0 Å². The number of rotatable bonds is 13. The van der Waals surface area contributed by atoms with Crippen LogP contribution in [0.25, 0.3) is 11.1 Å². The van der Waals surface area contributed by atoms with Crippen LogP contribution in [0.1, 0.15) is 53.1 Å². The Hall–Kier alpha value is -4.11. The zero-order valence-corrected chi connectivity index (χ0v) is 24.0. The second-order valence-electron chi connectivity index (χ2n) is 9.58. The largest absolute Gasteiger partial charge is 0.478 e. The number of halogens is 1. The third-order valence-electron chi connectivity index (χ3n) is 6.86. The van der Waals surface area contributed by atoms with Crippen LogP contribution >= 0.6 is 12.6 Å². The molecule has 214 valence electrons. The van der Waals surface area contributed by atoms with Crippen molar-refractivity contribution in [3.05, 3.63) is 107 Å². The average Bonchev–Trinajstić information content (AvgIpc) is 3.31. The number of carbonyl (C=O) groups is 2. The van der Waals surface area contributed by atoms with Crippen LogP contribution in [0.2, 0.25) is 0 Å². The number of nitrogens with zero attached hydrogens (tertiary/aromatic N) is 2. The maximum absolute atomic E-state index is 15.4. The molecule has 0 aliphatic heterocycles. The minimum Gasteiger partial charge on any atom is -0.478 e. The van der Waals surface area contributed by atoms with E-state index in [1.165, 1.54) is 12.1 Å². The van der Waals surface area contributed by atoms with Crippen molar-refractivity contribution >= 4 is 24.5 Å². The summed E-state index contributed by atoms with van der Waals surface area (Å²) < 4.78 is 23.0. The van der Waals surface area contributed by atoms with Crippen molar-refractivity contribution in [2.75, 3.05) is 6.61 Å². The Bertz CT molecular complexity index is 1510. The molecule has 3 aromatic carbocycles. The summed E-state index contributed by atoms with van der Waals surface area (Å²) in [4.78, 5) is 29.2. The lowest BCUT2D eigenvalue weighted by atomic mass is 9.98. The van der Waals surface area contributed by atoms with Gasteiger partial charge >= 0.3 is 5.97 Å². The van der Waals surface area contributed by atoms with Gasteiger partial charge < -0.3 is 15.2 Å². The number of benzene rings is 3. The predicted molar refractivity (Wildman–Crippen MR) is 160 cm³/mol. The first-order valence-electron chi connectivity index (χ1n) is 13.6. The monoisotopic (exact) mass is 575 g/mol. The minimum absolute atomic E-state index is 0.102. The molecular formula is C32H34FN3O4S. The molecule has 0 saturated heterocycles. The van der Waals surface area contributed by atoms with E-state index in [1.807, 2.05) is 44.2 Å². The Kier molecular flexibility index (Phi) is 10.2. The highest BCUT2D eigenvalue weighted by atomic mass is 32.1. The van der Waals surface area contributed by atoms with Crippen molar-refractivity contribution in [2.45, 2.75) is 51.4 Å². The second kappa shape index (κ2) is 14.0. The standard InChI is InChI=1S/C32H34FN3O4S/c1-3-27-28(19-34-30(37)29(41)17-14-21-10-6-5-7-11-21)36(32(35-27)40-4-2)20-23-16-15-22(18-26(23)33)24-12-8-9-13-25(24)31(38)39/h5-13,15-16,18,29,41H,3-4,14,17,19-20H2,1-2H3,(H,34,37)(H,38,39).